The second kappa shape index (κ2) is 6.46. The van der Waals surface area contributed by atoms with E-state index < -0.39 is 0 Å². The summed E-state index contributed by atoms with van der Waals surface area (Å²) in [5, 5.41) is 7.97. The first-order chi connectivity index (χ1) is 11.7. The highest BCUT2D eigenvalue weighted by Crippen LogP contribution is 2.29. The zero-order valence-corrected chi connectivity index (χ0v) is 14.9. The molecular weight excluding hydrogens is 396 g/mol. The van der Waals surface area contributed by atoms with E-state index in [0.717, 1.165) is 29.1 Å². The summed E-state index contributed by atoms with van der Waals surface area (Å²) in [4.78, 5) is 23.1. The molecule has 1 fully saturated rings. The largest absolute Gasteiger partial charge is 0.378 e. The minimum absolute atomic E-state index is 0.203. The Balaban J connectivity index is 1.58. The maximum atomic E-state index is 11.7. The van der Waals surface area contributed by atoms with Crippen LogP contribution in [-0.4, -0.2) is 45.9 Å². The SMILES string of the molecule is O=c1ccnc2sc(Nc3cnc(N4CCOCC4)c(Br)c3)nn12. The standard InChI is InChI=1S/C14H13BrN6O2S/c15-10-7-9(8-17-12(10)20-3-5-23-6-4-20)18-13-19-21-11(22)1-2-16-14(21)24-13/h1-2,7-8H,3-6H2,(H,18,19). The molecule has 0 bridgehead atoms. The number of hydrogen-bond acceptors (Lipinski definition) is 8. The van der Waals surface area contributed by atoms with Gasteiger partial charge in [0.05, 0.1) is 29.6 Å². The molecule has 0 atom stereocenters. The summed E-state index contributed by atoms with van der Waals surface area (Å²) in [6, 6.07) is 3.33. The first-order valence-corrected chi connectivity index (χ1v) is 8.92. The van der Waals surface area contributed by atoms with Gasteiger partial charge in [0.25, 0.3) is 5.56 Å². The summed E-state index contributed by atoms with van der Waals surface area (Å²) < 4.78 is 7.53. The number of halogens is 1. The van der Waals surface area contributed by atoms with E-state index in [-0.39, 0.29) is 5.56 Å². The van der Waals surface area contributed by atoms with Crippen LogP contribution in [0.25, 0.3) is 4.96 Å². The van der Waals surface area contributed by atoms with E-state index in [1.54, 1.807) is 6.20 Å². The number of nitrogens with one attached hydrogen (secondary N) is 1. The summed E-state index contributed by atoms with van der Waals surface area (Å²) >= 11 is 4.88. The highest BCUT2D eigenvalue weighted by atomic mass is 79.9. The second-order valence-electron chi connectivity index (χ2n) is 5.14. The van der Waals surface area contributed by atoms with Gasteiger partial charge in [0, 0.05) is 25.4 Å². The lowest BCUT2D eigenvalue weighted by Crippen LogP contribution is -2.36. The van der Waals surface area contributed by atoms with Crippen molar-refractivity contribution >= 4 is 48.9 Å². The Bertz CT molecular complexity index is 936. The van der Waals surface area contributed by atoms with Crippen molar-refractivity contribution in [2.75, 3.05) is 36.5 Å². The summed E-state index contributed by atoms with van der Waals surface area (Å²) in [7, 11) is 0. The highest BCUT2D eigenvalue weighted by molar-refractivity contribution is 9.10. The van der Waals surface area contributed by atoms with Crippen LogP contribution >= 0.6 is 27.3 Å². The van der Waals surface area contributed by atoms with Crippen LogP contribution in [0.2, 0.25) is 0 Å². The molecule has 0 radical (unpaired) electrons. The molecule has 8 nitrogen and oxygen atoms in total. The Hall–Kier alpha value is -2.04. The van der Waals surface area contributed by atoms with Gasteiger partial charge in [-0.2, -0.15) is 4.52 Å². The van der Waals surface area contributed by atoms with E-state index in [1.807, 2.05) is 6.07 Å². The molecule has 10 heteroatoms. The molecule has 0 amide bonds. The van der Waals surface area contributed by atoms with Crippen LogP contribution in [0.1, 0.15) is 0 Å². The van der Waals surface area contributed by atoms with E-state index in [9.17, 15) is 4.79 Å². The van der Waals surface area contributed by atoms with Gasteiger partial charge in [0.1, 0.15) is 5.82 Å². The third-order valence-corrected chi connectivity index (χ3v) is 4.98. The molecule has 0 saturated carbocycles. The number of hydrogen-bond donors (Lipinski definition) is 1. The first-order valence-electron chi connectivity index (χ1n) is 7.31. The van der Waals surface area contributed by atoms with Crippen LogP contribution in [0.3, 0.4) is 0 Å². The molecule has 0 aromatic carbocycles. The van der Waals surface area contributed by atoms with Gasteiger partial charge >= 0.3 is 0 Å². The van der Waals surface area contributed by atoms with Gasteiger partial charge in [-0.3, -0.25) is 4.79 Å². The van der Waals surface area contributed by atoms with Crippen LogP contribution in [0.5, 0.6) is 0 Å². The Morgan fingerprint density at radius 3 is 2.88 bits per heavy atom. The fraction of sp³-hybridized carbons (Fsp3) is 0.286. The molecular formula is C14H13BrN6O2S. The van der Waals surface area contributed by atoms with Crippen molar-refractivity contribution < 1.29 is 4.74 Å². The van der Waals surface area contributed by atoms with Gasteiger partial charge in [-0.25, -0.2) is 9.97 Å². The van der Waals surface area contributed by atoms with Crippen LogP contribution < -0.4 is 15.8 Å². The van der Waals surface area contributed by atoms with E-state index in [0.29, 0.717) is 23.3 Å². The van der Waals surface area contributed by atoms with Crippen LogP contribution in [0, 0.1) is 0 Å². The summed E-state index contributed by atoms with van der Waals surface area (Å²) in [5.74, 6) is 0.894. The van der Waals surface area contributed by atoms with Crippen molar-refractivity contribution in [2.45, 2.75) is 0 Å². The topological polar surface area (TPSA) is 84.7 Å². The molecule has 4 heterocycles. The van der Waals surface area contributed by atoms with E-state index >= 15 is 0 Å². The molecule has 124 valence electrons. The van der Waals surface area contributed by atoms with Gasteiger partial charge in [-0.05, 0) is 22.0 Å². The lowest BCUT2D eigenvalue weighted by Gasteiger charge is -2.28. The highest BCUT2D eigenvalue weighted by Gasteiger charge is 2.16. The van der Waals surface area contributed by atoms with Crippen LogP contribution in [0.15, 0.2) is 33.8 Å². The van der Waals surface area contributed by atoms with Gasteiger partial charge in [0.15, 0.2) is 0 Å². The fourth-order valence-electron chi connectivity index (χ4n) is 2.42. The minimum atomic E-state index is -0.203. The third-order valence-electron chi connectivity index (χ3n) is 3.55. The van der Waals surface area contributed by atoms with Crippen molar-refractivity contribution in [2.24, 2.45) is 0 Å². The van der Waals surface area contributed by atoms with Gasteiger partial charge < -0.3 is 15.0 Å². The maximum Gasteiger partial charge on any atom is 0.275 e. The molecule has 0 spiro atoms. The quantitative estimate of drug-likeness (QED) is 0.707. The van der Waals surface area contributed by atoms with Crippen LogP contribution in [0.4, 0.5) is 16.6 Å². The summed E-state index contributed by atoms with van der Waals surface area (Å²) in [6.45, 7) is 3.07. The van der Waals surface area contributed by atoms with Crippen LogP contribution in [-0.2, 0) is 4.74 Å². The summed E-state index contributed by atoms with van der Waals surface area (Å²) in [6.07, 6.45) is 3.23. The van der Waals surface area contributed by atoms with E-state index in [1.165, 1.54) is 28.1 Å². The predicted octanol–water partition coefficient (Wildman–Crippen LogP) is 1.89. The number of pyridine rings is 1. The number of nitrogens with zero attached hydrogens (tertiary/aromatic N) is 5. The average molecular weight is 409 g/mol. The maximum absolute atomic E-state index is 11.7. The van der Waals surface area contributed by atoms with Gasteiger partial charge in [-0.1, -0.05) is 11.3 Å². The Kier molecular flexibility index (Phi) is 4.17. The lowest BCUT2D eigenvalue weighted by atomic mass is 10.3. The Labute approximate surface area is 149 Å². The third kappa shape index (κ3) is 2.99. The second-order valence-corrected chi connectivity index (χ2v) is 6.95. The molecule has 3 aromatic heterocycles. The minimum Gasteiger partial charge on any atom is -0.378 e. The Morgan fingerprint density at radius 2 is 2.12 bits per heavy atom. The molecule has 1 N–H and O–H groups in total. The van der Waals surface area contributed by atoms with E-state index in [2.05, 4.69) is 41.2 Å². The van der Waals surface area contributed by atoms with Crippen molar-refractivity contribution in [3.63, 3.8) is 0 Å². The zero-order valence-electron chi connectivity index (χ0n) is 12.5. The molecule has 4 rings (SSSR count). The predicted molar refractivity (Wildman–Crippen MR) is 95.4 cm³/mol. The van der Waals surface area contributed by atoms with Gasteiger partial charge in [0.2, 0.25) is 10.1 Å². The number of rotatable bonds is 3. The number of aromatic nitrogens is 4. The van der Waals surface area contributed by atoms with E-state index in [4.69, 9.17) is 4.74 Å². The normalized spacial score (nSPS) is 15.0. The lowest BCUT2D eigenvalue weighted by molar-refractivity contribution is 0.122. The number of morpholine rings is 1. The monoisotopic (exact) mass is 408 g/mol. The molecule has 3 aromatic rings. The van der Waals surface area contributed by atoms with Crippen molar-refractivity contribution in [3.05, 3.63) is 39.4 Å². The molecule has 1 aliphatic rings. The Morgan fingerprint density at radius 1 is 1.29 bits per heavy atom. The molecule has 0 aliphatic carbocycles. The number of fused-ring (bicyclic) bond motifs is 1. The molecule has 0 unspecified atom stereocenters. The average Bonchev–Trinajstić information content (AvgIpc) is 3.00. The smallest absolute Gasteiger partial charge is 0.275 e. The number of anilines is 3. The molecule has 1 saturated heterocycles. The number of ether oxygens (including phenoxy) is 1. The fourth-order valence-corrected chi connectivity index (χ4v) is 3.82. The van der Waals surface area contributed by atoms with Gasteiger partial charge in [-0.15, -0.1) is 5.10 Å². The zero-order chi connectivity index (χ0) is 16.5. The first kappa shape index (κ1) is 15.5. The molecule has 24 heavy (non-hydrogen) atoms. The van der Waals surface area contributed by atoms with Crippen molar-refractivity contribution in [1.82, 2.24) is 19.6 Å². The molecule has 1 aliphatic heterocycles. The van der Waals surface area contributed by atoms with Crippen molar-refractivity contribution in [1.29, 1.82) is 0 Å². The summed E-state index contributed by atoms with van der Waals surface area (Å²) in [5.41, 5.74) is 0.581. The van der Waals surface area contributed by atoms with Crippen molar-refractivity contribution in [3.8, 4) is 0 Å².